The fraction of sp³-hybridized carbons (Fsp3) is 0.542. The largest absolute Gasteiger partial charge is 0.369 e. The van der Waals surface area contributed by atoms with Gasteiger partial charge in [-0.3, -0.25) is 4.79 Å². The summed E-state index contributed by atoms with van der Waals surface area (Å²) in [6, 6.07) is 6.58. The van der Waals surface area contributed by atoms with Gasteiger partial charge >= 0.3 is 0 Å². The van der Waals surface area contributed by atoms with Gasteiger partial charge in [-0.25, -0.2) is 0 Å². The minimum Gasteiger partial charge on any atom is -0.369 e. The summed E-state index contributed by atoms with van der Waals surface area (Å²) in [6.07, 6.45) is 1.07. The topological polar surface area (TPSA) is 46.3 Å². The van der Waals surface area contributed by atoms with Crippen LogP contribution in [0.15, 0.2) is 18.2 Å². The van der Waals surface area contributed by atoms with Crippen molar-refractivity contribution in [2.24, 2.45) is 11.1 Å². The lowest BCUT2D eigenvalue weighted by atomic mass is 9.73. The first-order chi connectivity index (χ1) is 13.3. The molecule has 3 rings (SSSR count). The second kappa shape index (κ2) is 7.63. The Balaban J connectivity index is 2.02. The molecule has 0 fully saturated rings. The van der Waals surface area contributed by atoms with E-state index in [2.05, 4.69) is 71.6 Å². The molecule has 2 heterocycles. The van der Waals surface area contributed by atoms with Gasteiger partial charge in [0.05, 0.1) is 16.8 Å². The van der Waals surface area contributed by atoms with E-state index in [-0.39, 0.29) is 22.7 Å². The zero-order chi connectivity index (χ0) is 21.7. The van der Waals surface area contributed by atoms with Crippen molar-refractivity contribution in [2.45, 2.75) is 72.8 Å². The number of benzene rings is 1. The van der Waals surface area contributed by atoms with E-state index in [9.17, 15) is 4.79 Å². The number of anilines is 1. The third-order valence-electron chi connectivity index (χ3n) is 6.23. The summed E-state index contributed by atoms with van der Waals surface area (Å²) in [4.78, 5) is 16.1. The molecule has 158 valence electrons. The first kappa shape index (κ1) is 22.2. The van der Waals surface area contributed by atoms with Crippen molar-refractivity contribution in [1.82, 2.24) is 0 Å². The third-order valence-corrected chi connectivity index (χ3v) is 7.48. The molecular weight excluding hydrogens is 400 g/mol. The molecule has 1 atom stereocenters. The number of halogens is 1. The molecule has 1 aliphatic rings. The van der Waals surface area contributed by atoms with Crippen molar-refractivity contribution in [3.05, 3.63) is 49.7 Å². The van der Waals surface area contributed by atoms with Crippen LogP contribution in [0, 0.1) is 19.3 Å². The second-order valence-electron chi connectivity index (χ2n) is 10.1. The Morgan fingerprint density at radius 3 is 2.31 bits per heavy atom. The molecule has 0 saturated carbocycles. The van der Waals surface area contributed by atoms with Crippen LogP contribution in [0.5, 0.6) is 0 Å². The Kier molecular flexibility index (Phi) is 5.83. The molecule has 1 unspecified atom stereocenters. The normalized spacial score (nSPS) is 17.6. The minimum absolute atomic E-state index is 0.112. The number of thiophene rings is 1. The van der Waals surface area contributed by atoms with Crippen LogP contribution in [0.25, 0.3) is 0 Å². The number of nitrogens with zero attached hydrogens (tertiary/aromatic N) is 1. The summed E-state index contributed by atoms with van der Waals surface area (Å²) >= 11 is 8.05. The number of nitrogens with two attached hydrogens (primary N) is 1. The molecule has 0 radical (unpaired) electrons. The summed E-state index contributed by atoms with van der Waals surface area (Å²) in [7, 11) is 0. The molecule has 1 aliphatic heterocycles. The molecule has 3 nitrogen and oxygen atoms in total. The Morgan fingerprint density at radius 1 is 1.21 bits per heavy atom. The van der Waals surface area contributed by atoms with Gasteiger partial charge in [0.15, 0.2) is 0 Å². The standard InChI is InChI=1S/C24H33ClN2OS/c1-14-10-16(11-15(2)20(14)21(22(26)28)23(3,4)5)27-9-8-24(6,7)17-12-19(25)29-18(17)13-27/h10-12,21H,8-9,13H2,1-7H3,(H2,26,28). The number of fused-ring (bicyclic) bond motifs is 1. The smallest absolute Gasteiger partial charge is 0.225 e. The van der Waals surface area contributed by atoms with Gasteiger partial charge in [-0.05, 0) is 71.6 Å². The van der Waals surface area contributed by atoms with Crippen molar-refractivity contribution in [3.8, 4) is 0 Å². The van der Waals surface area contributed by atoms with Gasteiger partial charge in [0.2, 0.25) is 5.91 Å². The van der Waals surface area contributed by atoms with Crippen molar-refractivity contribution in [2.75, 3.05) is 11.4 Å². The SMILES string of the molecule is Cc1cc(N2CCC(C)(C)c3cc(Cl)sc3C2)cc(C)c1C(C(N)=O)C(C)(C)C. The highest BCUT2D eigenvalue weighted by Crippen LogP contribution is 2.43. The molecule has 1 aromatic carbocycles. The fourth-order valence-corrected chi connectivity index (χ4v) is 6.17. The highest BCUT2D eigenvalue weighted by atomic mass is 35.5. The van der Waals surface area contributed by atoms with Crippen molar-refractivity contribution < 1.29 is 4.79 Å². The number of hydrogen-bond donors (Lipinski definition) is 1. The van der Waals surface area contributed by atoms with Crippen LogP contribution in [-0.2, 0) is 16.8 Å². The monoisotopic (exact) mass is 432 g/mol. The van der Waals surface area contributed by atoms with E-state index in [0.29, 0.717) is 0 Å². The second-order valence-corrected chi connectivity index (χ2v) is 11.9. The van der Waals surface area contributed by atoms with Crippen LogP contribution >= 0.6 is 22.9 Å². The summed E-state index contributed by atoms with van der Waals surface area (Å²) in [6.45, 7) is 16.9. The Bertz CT molecular complexity index is 916. The van der Waals surface area contributed by atoms with E-state index in [1.165, 1.54) is 16.1 Å². The van der Waals surface area contributed by atoms with Crippen LogP contribution < -0.4 is 10.6 Å². The molecule has 1 amide bonds. The maximum Gasteiger partial charge on any atom is 0.225 e. The van der Waals surface area contributed by atoms with Crippen LogP contribution in [0.1, 0.15) is 74.1 Å². The van der Waals surface area contributed by atoms with Crippen molar-refractivity contribution in [3.63, 3.8) is 0 Å². The van der Waals surface area contributed by atoms with Crippen LogP contribution in [-0.4, -0.2) is 12.5 Å². The van der Waals surface area contributed by atoms with Gasteiger partial charge in [0.1, 0.15) is 0 Å². The predicted octanol–water partition coefficient (Wildman–Crippen LogP) is 6.32. The van der Waals surface area contributed by atoms with Gasteiger partial charge in [-0.15, -0.1) is 11.3 Å². The maximum absolute atomic E-state index is 12.3. The maximum atomic E-state index is 12.3. The highest BCUT2D eigenvalue weighted by molar-refractivity contribution is 7.16. The molecule has 29 heavy (non-hydrogen) atoms. The molecule has 5 heteroatoms. The lowest BCUT2D eigenvalue weighted by Crippen LogP contribution is -2.33. The summed E-state index contributed by atoms with van der Waals surface area (Å²) in [5.41, 5.74) is 11.6. The van der Waals surface area contributed by atoms with Crippen molar-refractivity contribution in [1.29, 1.82) is 0 Å². The van der Waals surface area contributed by atoms with Gasteiger partial charge < -0.3 is 10.6 Å². The average molecular weight is 433 g/mol. The predicted molar refractivity (Wildman–Crippen MR) is 125 cm³/mol. The number of amides is 1. The van der Waals surface area contributed by atoms with Crippen LogP contribution in [0.4, 0.5) is 5.69 Å². The molecule has 0 bridgehead atoms. The lowest BCUT2D eigenvalue weighted by molar-refractivity contribution is -0.121. The van der Waals surface area contributed by atoms with E-state index in [4.69, 9.17) is 17.3 Å². The molecular formula is C24H33ClN2OS. The van der Waals surface area contributed by atoms with E-state index in [1.807, 2.05) is 0 Å². The molecule has 2 N–H and O–H groups in total. The molecule has 1 aromatic heterocycles. The zero-order valence-electron chi connectivity index (χ0n) is 18.6. The zero-order valence-corrected chi connectivity index (χ0v) is 20.2. The molecule has 0 saturated heterocycles. The van der Waals surface area contributed by atoms with Crippen LogP contribution in [0.3, 0.4) is 0 Å². The number of rotatable bonds is 3. The highest BCUT2D eigenvalue weighted by Gasteiger charge is 2.34. The number of aryl methyl sites for hydroxylation is 2. The molecule has 0 aliphatic carbocycles. The molecule has 2 aromatic rings. The van der Waals surface area contributed by atoms with E-state index in [0.717, 1.165) is 40.5 Å². The van der Waals surface area contributed by atoms with Crippen molar-refractivity contribution >= 4 is 34.5 Å². The summed E-state index contributed by atoms with van der Waals surface area (Å²) in [5, 5.41) is 0. The number of carbonyl (C=O) groups is 1. The van der Waals surface area contributed by atoms with Gasteiger partial charge in [0.25, 0.3) is 0 Å². The van der Waals surface area contributed by atoms with Crippen LogP contribution in [0.2, 0.25) is 4.34 Å². The Hall–Kier alpha value is -1.52. The number of hydrogen-bond acceptors (Lipinski definition) is 3. The molecule has 0 spiro atoms. The Morgan fingerprint density at radius 2 is 1.79 bits per heavy atom. The fourth-order valence-electron chi connectivity index (χ4n) is 4.70. The van der Waals surface area contributed by atoms with E-state index >= 15 is 0 Å². The van der Waals surface area contributed by atoms with Gasteiger partial charge in [-0.2, -0.15) is 0 Å². The summed E-state index contributed by atoms with van der Waals surface area (Å²) in [5.74, 6) is -0.562. The average Bonchev–Trinajstić information content (AvgIpc) is 2.89. The number of carbonyl (C=O) groups excluding carboxylic acids is 1. The van der Waals surface area contributed by atoms with Gasteiger partial charge in [-0.1, -0.05) is 46.2 Å². The first-order valence-electron chi connectivity index (χ1n) is 10.3. The summed E-state index contributed by atoms with van der Waals surface area (Å²) < 4.78 is 0.863. The minimum atomic E-state index is -0.303. The first-order valence-corrected chi connectivity index (χ1v) is 11.4. The van der Waals surface area contributed by atoms with Gasteiger partial charge in [0, 0.05) is 17.1 Å². The lowest BCUT2D eigenvalue weighted by Gasteiger charge is -2.32. The Labute approximate surface area is 184 Å². The third kappa shape index (κ3) is 4.34. The van der Waals surface area contributed by atoms with E-state index in [1.54, 1.807) is 11.3 Å². The quantitative estimate of drug-likeness (QED) is 0.616. The van der Waals surface area contributed by atoms with E-state index < -0.39 is 0 Å². The number of primary amides is 1.